The van der Waals surface area contributed by atoms with E-state index in [1.807, 2.05) is 26.0 Å². The fraction of sp³-hybridized carbons (Fsp3) is 0.333. The quantitative estimate of drug-likeness (QED) is 0.792. The summed E-state index contributed by atoms with van der Waals surface area (Å²) in [6.07, 6.45) is -0.249. The van der Waals surface area contributed by atoms with Crippen molar-refractivity contribution in [1.82, 2.24) is 5.32 Å². The minimum absolute atomic E-state index is 0.280. The molecule has 0 radical (unpaired) electrons. The highest BCUT2D eigenvalue weighted by atomic mass is 16.5. The van der Waals surface area contributed by atoms with Crippen LogP contribution in [0.4, 0.5) is 4.79 Å². The number of hydrogen-bond donors (Lipinski definition) is 1. The van der Waals surface area contributed by atoms with Crippen molar-refractivity contribution in [2.45, 2.75) is 20.3 Å². The molecule has 0 fully saturated rings. The van der Waals surface area contributed by atoms with Crippen LogP contribution in [-0.2, 0) is 0 Å². The van der Waals surface area contributed by atoms with Crippen molar-refractivity contribution in [2.75, 3.05) is 6.54 Å². The Hall–Kier alpha value is -2.02. The Balaban J connectivity index is 2.50. The van der Waals surface area contributed by atoms with Gasteiger partial charge in [-0.3, -0.25) is 0 Å². The summed E-state index contributed by atoms with van der Waals surface area (Å²) >= 11 is 0. The predicted molar refractivity (Wildman–Crippen MR) is 60.2 cm³/mol. The van der Waals surface area contributed by atoms with Crippen molar-refractivity contribution in [1.29, 1.82) is 5.26 Å². The molecule has 1 aromatic rings. The standard InChI is InChI=1S/C12H14N2O2/c1-9-4-5-11(8-10(9)2)16-12(15)14-7-3-6-13/h4-5,8H,3,7H2,1-2H3,(H,14,15). The van der Waals surface area contributed by atoms with Gasteiger partial charge in [-0.2, -0.15) is 5.26 Å². The third-order valence-electron chi connectivity index (χ3n) is 2.20. The number of hydrogen-bond acceptors (Lipinski definition) is 3. The molecule has 0 unspecified atom stereocenters. The van der Waals surface area contributed by atoms with E-state index in [2.05, 4.69) is 5.32 Å². The number of carbonyl (C=O) groups is 1. The van der Waals surface area contributed by atoms with Crippen molar-refractivity contribution >= 4 is 6.09 Å². The lowest BCUT2D eigenvalue weighted by Crippen LogP contribution is -2.27. The topological polar surface area (TPSA) is 62.1 Å². The number of rotatable bonds is 3. The molecule has 1 N–H and O–H groups in total. The molecule has 0 atom stereocenters. The number of nitriles is 1. The minimum Gasteiger partial charge on any atom is -0.410 e. The molecule has 0 aliphatic carbocycles. The highest BCUT2D eigenvalue weighted by Gasteiger charge is 2.04. The second kappa shape index (κ2) is 5.76. The van der Waals surface area contributed by atoms with Gasteiger partial charge in [0.2, 0.25) is 0 Å². The molecule has 0 aliphatic heterocycles. The highest BCUT2D eigenvalue weighted by molar-refractivity contribution is 5.70. The Morgan fingerprint density at radius 2 is 2.19 bits per heavy atom. The fourth-order valence-electron chi connectivity index (χ4n) is 1.14. The molecule has 0 saturated heterocycles. The molecule has 16 heavy (non-hydrogen) atoms. The molecule has 1 amide bonds. The normalized spacial score (nSPS) is 9.31. The molecule has 0 aromatic heterocycles. The van der Waals surface area contributed by atoms with E-state index in [1.54, 1.807) is 12.1 Å². The van der Waals surface area contributed by atoms with Gasteiger partial charge in [0.25, 0.3) is 0 Å². The van der Waals surface area contributed by atoms with E-state index in [0.29, 0.717) is 12.3 Å². The van der Waals surface area contributed by atoms with E-state index in [9.17, 15) is 4.79 Å². The van der Waals surface area contributed by atoms with E-state index in [-0.39, 0.29) is 6.42 Å². The van der Waals surface area contributed by atoms with Crippen LogP contribution in [0.15, 0.2) is 18.2 Å². The summed E-state index contributed by atoms with van der Waals surface area (Å²) in [5.74, 6) is 0.512. The maximum atomic E-state index is 11.2. The average molecular weight is 218 g/mol. The van der Waals surface area contributed by atoms with Gasteiger partial charge in [0, 0.05) is 6.54 Å². The Labute approximate surface area is 94.8 Å². The van der Waals surface area contributed by atoms with Crippen LogP contribution in [-0.4, -0.2) is 12.6 Å². The Morgan fingerprint density at radius 3 is 2.81 bits per heavy atom. The Bertz CT molecular complexity index is 422. The van der Waals surface area contributed by atoms with Crippen LogP contribution in [0.1, 0.15) is 17.5 Å². The van der Waals surface area contributed by atoms with Gasteiger partial charge in [-0.15, -0.1) is 0 Å². The summed E-state index contributed by atoms with van der Waals surface area (Å²) in [4.78, 5) is 11.2. The maximum absolute atomic E-state index is 11.2. The third-order valence-corrected chi connectivity index (χ3v) is 2.20. The molecule has 1 rings (SSSR count). The number of nitrogens with one attached hydrogen (secondary N) is 1. The summed E-state index contributed by atoms with van der Waals surface area (Å²) < 4.78 is 5.04. The van der Waals surface area contributed by atoms with E-state index in [1.165, 1.54) is 0 Å². The van der Waals surface area contributed by atoms with Crippen LogP contribution in [0.5, 0.6) is 5.75 Å². The zero-order chi connectivity index (χ0) is 12.0. The number of amides is 1. The van der Waals surface area contributed by atoms with Crippen LogP contribution in [0.3, 0.4) is 0 Å². The third kappa shape index (κ3) is 3.62. The summed E-state index contributed by atoms with van der Waals surface area (Å²) in [6.45, 7) is 4.25. The van der Waals surface area contributed by atoms with E-state index >= 15 is 0 Å². The van der Waals surface area contributed by atoms with Gasteiger partial charge in [-0.1, -0.05) is 6.07 Å². The first-order valence-electron chi connectivity index (χ1n) is 5.03. The van der Waals surface area contributed by atoms with Crippen LogP contribution >= 0.6 is 0 Å². The Kier molecular flexibility index (Phi) is 4.34. The summed E-state index contributed by atoms with van der Waals surface area (Å²) in [7, 11) is 0. The summed E-state index contributed by atoms with van der Waals surface area (Å²) in [5.41, 5.74) is 2.22. The molecule has 4 heteroatoms. The molecule has 84 valence electrons. The largest absolute Gasteiger partial charge is 0.412 e. The van der Waals surface area contributed by atoms with Gasteiger partial charge < -0.3 is 10.1 Å². The first kappa shape index (κ1) is 12.1. The average Bonchev–Trinajstić information content (AvgIpc) is 2.24. The minimum atomic E-state index is -0.529. The predicted octanol–water partition coefficient (Wildman–Crippen LogP) is 2.31. The zero-order valence-electron chi connectivity index (χ0n) is 9.41. The van der Waals surface area contributed by atoms with Gasteiger partial charge in [0.15, 0.2) is 0 Å². The van der Waals surface area contributed by atoms with E-state index in [0.717, 1.165) is 11.1 Å². The number of ether oxygens (including phenoxy) is 1. The second-order valence-corrected chi connectivity index (χ2v) is 3.47. The van der Waals surface area contributed by atoms with Gasteiger partial charge >= 0.3 is 6.09 Å². The molecule has 1 aromatic carbocycles. The lowest BCUT2D eigenvalue weighted by molar-refractivity contribution is 0.201. The van der Waals surface area contributed by atoms with E-state index in [4.69, 9.17) is 10.00 Å². The lowest BCUT2D eigenvalue weighted by atomic mass is 10.1. The molecule has 0 spiro atoms. The fourth-order valence-corrected chi connectivity index (χ4v) is 1.14. The first-order valence-corrected chi connectivity index (χ1v) is 5.03. The smallest absolute Gasteiger partial charge is 0.410 e. The molecular weight excluding hydrogens is 204 g/mol. The molecule has 0 aliphatic rings. The van der Waals surface area contributed by atoms with Gasteiger partial charge in [0.1, 0.15) is 5.75 Å². The molecule has 0 heterocycles. The number of aryl methyl sites for hydroxylation is 2. The molecule has 0 bridgehead atoms. The van der Waals surface area contributed by atoms with Gasteiger partial charge in [-0.25, -0.2) is 4.79 Å². The van der Waals surface area contributed by atoms with Crippen molar-refractivity contribution in [3.05, 3.63) is 29.3 Å². The van der Waals surface area contributed by atoms with Gasteiger partial charge in [-0.05, 0) is 37.1 Å². The monoisotopic (exact) mass is 218 g/mol. The molecule has 4 nitrogen and oxygen atoms in total. The number of carbonyl (C=O) groups excluding carboxylic acids is 1. The first-order chi connectivity index (χ1) is 7.63. The van der Waals surface area contributed by atoms with Crippen molar-refractivity contribution in [3.8, 4) is 11.8 Å². The van der Waals surface area contributed by atoms with Crippen LogP contribution in [0, 0.1) is 25.2 Å². The SMILES string of the molecule is Cc1ccc(OC(=O)NCCC#N)cc1C. The molecular formula is C12H14N2O2. The Morgan fingerprint density at radius 1 is 1.44 bits per heavy atom. The van der Waals surface area contributed by atoms with Crippen LogP contribution in [0.25, 0.3) is 0 Å². The summed E-state index contributed by atoms with van der Waals surface area (Å²) in [6, 6.07) is 7.38. The molecule has 0 saturated carbocycles. The maximum Gasteiger partial charge on any atom is 0.412 e. The van der Waals surface area contributed by atoms with Crippen LogP contribution in [0.2, 0.25) is 0 Å². The zero-order valence-corrected chi connectivity index (χ0v) is 9.41. The van der Waals surface area contributed by atoms with E-state index < -0.39 is 6.09 Å². The summed E-state index contributed by atoms with van der Waals surface area (Å²) in [5, 5.41) is 10.8. The van der Waals surface area contributed by atoms with Gasteiger partial charge in [0.05, 0.1) is 12.5 Å². The van der Waals surface area contributed by atoms with Crippen LogP contribution < -0.4 is 10.1 Å². The number of nitrogens with zero attached hydrogens (tertiary/aromatic N) is 1. The van der Waals surface area contributed by atoms with Crippen molar-refractivity contribution in [3.63, 3.8) is 0 Å². The number of benzene rings is 1. The van der Waals surface area contributed by atoms with Crippen molar-refractivity contribution in [2.24, 2.45) is 0 Å². The second-order valence-electron chi connectivity index (χ2n) is 3.47. The van der Waals surface area contributed by atoms with Crippen molar-refractivity contribution < 1.29 is 9.53 Å². The lowest BCUT2D eigenvalue weighted by Gasteiger charge is -2.07. The highest BCUT2D eigenvalue weighted by Crippen LogP contribution is 2.16.